The molecule has 0 radical (unpaired) electrons. The summed E-state index contributed by atoms with van der Waals surface area (Å²) in [6.45, 7) is 3.70. The molecule has 0 fully saturated rings. The Morgan fingerprint density at radius 2 is 1.95 bits per heavy atom. The molecule has 0 bridgehead atoms. The van der Waals surface area contributed by atoms with Gasteiger partial charge in [-0.2, -0.15) is 0 Å². The second-order valence-corrected chi connectivity index (χ2v) is 5.90. The molecule has 0 heterocycles. The molecule has 0 amide bonds. The Morgan fingerprint density at radius 1 is 1.15 bits per heavy atom. The van der Waals surface area contributed by atoms with Crippen LogP contribution in [0.3, 0.4) is 0 Å². The van der Waals surface area contributed by atoms with E-state index < -0.39 is 0 Å². The minimum Gasteiger partial charge on any atom is -0.313 e. The van der Waals surface area contributed by atoms with Gasteiger partial charge in [-0.1, -0.05) is 54.6 Å². The van der Waals surface area contributed by atoms with Crippen molar-refractivity contribution in [1.82, 2.24) is 5.32 Å². The average Bonchev–Trinajstić information content (AvgIpc) is 2.44. The van der Waals surface area contributed by atoms with E-state index in [0.717, 1.165) is 23.4 Å². The summed E-state index contributed by atoms with van der Waals surface area (Å²) < 4.78 is 14.1. The Morgan fingerprint density at radius 3 is 2.70 bits per heavy atom. The zero-order valence-electron chi connectivity index (χ0n) is 11.3. The quantitative estimate of drug-likeness (QED) is 0.742. The van der Waals surface area contributed by atoms with Gasteiger partial charge in [0.05, 0.1) is 9.92 Å². The largest absolute Gasteiger partial charge is 0.313 e. The van der Waals surface area contributed by atoms with Gasteiger partial charge in [0.2, 0.25) is 0 Å². The summed E-state index contributed by atoms with van der Waals surface area (Å²) in [5.41, 5.74) is 0.961. The van der Waals surface area contributed by atoms with Gasteiger partial charge in [0, 0.05) is 11.4 Å². The number of hydrogen-bond donors (Lipinski definition) is 1. The lowest BCUT2D eigenvalue weighted by molar-refractivity contribution is 0.589. The minimum atomic E-state index is -0.203. The number of halogens is 2. The van der Waals surface area contributed by atoms with Crippen molar-refractivity contribution >= 4 is 23.4 Å². The minimum absolute atomic E-state index is 0.203. The van der Waals surface area contributed by atoms with E-state index >= 15 is 0 Å². The highest BCUT2D eigenvalue weighted by Crippen LogP contribution is 2.36. The van der Waals surface area contributed by atoms with Crippen LogP contribution in [0.2, 0.25) is 5.02 Å². The van der Waals surface area contributed by atoms with E-state index in [9.17, 15) is 4.39 Å². The Kier molecular flexibility index (Phi) is 5.89. The standard InChI is InChI=1S/C16H17ClFNS/c1-2-10-19-11-12-6-5-8-14(18)16(12)20-15-9-4-3-7-13(15)17/h3-9,19H,2,10-11H2,1H3. The molecule has 4 heteroatoms. The van der Waals surface area contributed by atoms with Crippen molar-refractivity contribution in [1.29, 1.82) is 0 Å². The Labute approximate surface area is 128 Å². The number of benzene rings is 2. The summed E-state index contributed by atoms with van der Waals surface area (Å²) in [6, 6.07) is 12.7. The van der Waals surface area contributed by atoms with Crippen LogP contribution in [-0.4, -0.2) is 6.54 Å². The molecule has 106 valence electrons. The first-order chi connectivity index (χ1) is 9.72. The predicted octanol–water partition coefficient (Wildman–Crippen LogP) is 5.13. The van der Waals surface area contributed by atoms with Gasteiger partial charge in [-0.15, -0.1) is 0 Å². The van der Waals surface area contributed by atoms with Crippen molar-refractivity contribution in [2.45, 2.75) is 29.7 Å². The molecule has 0 aliphatic carbocycles. The molecule has 2 rings (SSSR count). The van der Waals surface area contributed by atoms with E-state index in [-0.39, 0.29) is 5.82 Å². The summed E-state index contributed by atoms with van der Waals surface area (Å²) in [5, 5.41) is 3.95. The van der Waals surface area contributed by atoms with Crippen LogP contribution in [0.1, 0.15) is 18.9 Å². The van der Waals surface area contributed by atoms with E-state index in [0.29, 0.717) is 16.5 Å². The topological polar surface area (TPSA) is 12.0 Å². The van der Waals surface area contributed by atoms with E-state index in [2.05, 4.69) is 12.2 Å². The number of rotatable bonds is 6. The lowest BCUT2D eigenvalue weighted by Crippen LogP contribution is -2.14. The normalized spacial score (nSPS) is 10.8. The third kappa shape index (κ3) is 3.98. The van der Waals surface area contributed by atoms with E-state index in [1.165, 1.54) is 17.8 Å². The van der Waals surface area contributed by atoms with Crippen LogP contribution in [0.4, 0.5) is 4.39 Å². The monoisotopic (exact) mass is 309 g/mol. The summed E-state index contributed by atoms with van der Waals surface area (Å²) >= 11 is 7.53. The van der Waals surface area contributed by atoms with Gasteiger partial charge in [0.1, 0.15) is 5.82 Å². The molecule has 1 N–H and O–H groups in total. The lowest BCUT2D eigenvalue weighted by atomic mass is 10.2. The van der Waals surface area contributed by atoms with E-state index in [1.54, 1.807) is 6.07 Å². The molecule has 0 spiro atoms. The van der Waals surface area contributed by atoms with Gasteiger partial charge < -0.3 is 5.32 Å². The van der Waals surface area contributed by atoms with Gasteiger partial charge in [0.15, 0.2) is 0 Å². The molecule has 0 atom stereocenters. The zero-order chi connectivity index (χ0) is 14.4. The second-order valence-electron chi connectivity index (χ2n) is 4.44. The maximum Gasteiger partial charge on any atom is 0.137 e. The van der Waals surface area contributed by atoms with E-state index in [4.69, 9.17) is 11.6 Å². The Bertz CT molecular complexity index is 574. The fourth-order valence-corrected chi connectivity index (χ4v) is 3.06. The molecular formula is C16H17ClFNS. The summed E-state index contributed by atoms with van der Waals surface area (Å²) in [6.07, 6.45) is 1.06. The highest BCUT2D eigenvalue weighted by molar-refractivity contribution is 7.99. The first-order valence-corrected chi connectivity index (χ1v) is 7.82. The second kappa shape index (κ2) is 7.67. The van der Waals surface area contributed by atoms with Crippen molar-refractivity contribution in [3.63, 3.8) is 0 Å². The molecular weight excluding hydrogens is 293 g/mol. The van der Waals surface area contributed by atoms with Gasteiger partial charge in [0.25, 0.3) is 0 Å². The predicted molar refractivity (Wildman–Crippen MR) is 84.0 cm³/mol. The zero-order valence-corrected chi connectivity index (χ0v) is 12.9. The SMILES string of the molecule is CCCNCc1cccc(F)c1Sc1ccccc1Cl. The van der Waals surface area contributed by atoms with Crippen LogP contribution in [0.15, 0.2) is 52.3 Å². The molecule has 20 heavy (non-hydrogen) atoms. The first-order valence-electron chi connectivity index (χ1n) is 6.63. The number of nitrogens with one attached hydrogen (secondary N) is 1. The van der Waals surface area contributed by atoms with Gasteiger partial charge >= 0.3 is 0 Å². The molecule has 2 aromatic rings. The van der Waals surface area contributed by atoms with Crippen molar-refractivity contribution in [3.05, 3.63) is 58.9 Å². The maximum absolute atomic E-state index is 14.1. The maximum atomic E-state index is 14.1. The first kappa shape index (κ1) is 15.4. The van der Waals surface area contributed by atoms with Crippen LogP contribution in [0, 0.1) is 5.82 Å². The van der Waals surface area contributed by atoms with Gasteiger partial charge in [-0.05, 0) is 36.7 Å². The van der Waals surface area contributed by atoms with Crippen molar-refractivity contribution in [3.8, 4) is 0 Å². The summed E-state index contributed by atoms with van der Waals surface area (Å²) in [4.78, 5) is 1.51. The molecule has 0 aromatic heterocycles. The lowest BCUT2D eigenvalue weighted by Gasteiger charge is -2.11. The van der Waals surface area contributed by atoms with Crippen molar-refractivity contribution < 1.29 is 4.39 Å². The molecule has 0 saturated carbocycles. The molecule has 1 nitrogen and oxygen atoms in total. The van der Waals surface area contributed by atoms with Crippen LogP contribution in [0.5, 0.6) is 0 Å². The fraction of sp³-hybridized carbons (Fsp3) is 0.250. The van der Waals surface area contributed by atoms with Crippen LogP contribution in [-0.2, 0) is 6.54 Å². The summed E-state index contributed by atoms with van der Waals surface area (Å²) in [7, 11) is 0. The van der Waals surface area contributed by atoms with Gasteiger partial charge in [-0.3, -0.25) is 0 Å². The Balaban J connectivity index is 2.23. The Hall–Kier alpha value is -1.03. The van der Waals surface area contributed by atoms with E-state index in [1.807, 2.05) is 30.3 Å². The van der Waals surface area contributed by atoms with Crippen molar-refractivity contribution in [2.75, 3.05) is 6.54 Å². The molecule has 0 aliphatic heterocycles. The fourth-order valence-electron chi connectivity index (χ4n) is 1.84. The average molecular weight is 310 g/mol. The van der Waals surface area contributed by atoms with Crippen molar-refractivity contribution in [2.24, 2.45) is 0 Å². The number of hydrogen-bond acceptors (Lipinski definition) is 2. The third-order valence-corrected chi connectivity index (χ3v) is 4.52. The highest BCUT2D eigenvalue weighted by atomic mass is 35.5. The third-order valence-electron chi connectivity index (χ3n) is 2.84. The highest BCUT2D eigenvalue weighted by Gasteiger charge is 2.11. The van der Waals surface area contributed by atoms with Crippen LogP contribution in [0.25, 0.3) is 0 Å². The smallest absolute Gasteiger partial charge is 0.137 e. The van der Waals surface area contributed by atoms with Crippen LogP contribution >= 0.6 is 23.4 Å². The molecule has 2 aromatic carbocycles. The molecule has 0 aliphatic rings. The molecule has 0 saturated heterocycles. The van der Waals surface area contributed by atoms with Crippen LogP contribution < -0.4 is 5.32 Å². The van der Waals surface area contributed by atoms with Gasteiger partial charge in [-0.25, -0.2) is 4.39 Å². The molecule has 0 unspecified atom stereocenters. The summed E-state index contributed by atoms with van der Waals surface area (Å²) in [5.74, 6) is -0.203.